The molecule has 0 fully saturated rings. The second-order valence-electron chi connectivity index (χ2n) is 3.38. The number of ether oxygens (including phenoxy) is 1. The topological polar surface area (TPSA) is 40.2 Å². The molecule has 4 heteroatoms. The van der Waals surface area contributed by atoms with Crippen LogP contribution in [0.1, 0.15) is 5.69 Å². The minimum Gasteiger partial charge on any atom is -0.495 e. The van der Waals surface area contributed by atoms with Crippen molar-refractivity contribution >= 4 is 22.5 Å². The molecule has 1 heterocycles. The first-order valence-electron chi connectivity index (χ1n) is 4.70. The van der Waals surface area contributed by atoms with Crippen LogP contribution >= 0.6 is 11.6 Å². The number of fused-ring (bicyclic) bond motifs is 1. The Labute approximate surface area is 93.4 Å². The standard InChI is InChI=1S/C11H13ClN2O/c1-14-8(6-13)10(12)7-4-3-5-9(15-2)11(7)14/h3-5H,6,13H2,1-2H3. The molecular weight excluding hydrogens is 212 g/mol. The van der Waals surface area contributed by atoms with Gasteiger partial charge < -0.3 is 15.0 Å². The van der Waals surface area contributed by atoms with Gasteiger partial charge in [-0.05, 0) is 6.07 Å². The molecule has 0 aliphatic rings. The van der Waals surface area contributed by atoms with Gasteiger partial charge >= 0.3 is 0 Å². The summed E-state index contributed by atoms with van der Waals surface area (Å²) in [6.07, 6.45) is 0. The van der Waals surface area contributed by atoms with Gasteiger partial charge in [0.2, 0.25) is 0 Å². The highest BCUT2D eigenvalue weighted by atomic mass is 35.5. The monoisotopic (exact) mass is 224 g/mol. The fraction of sp³-hybridized carbons (Fsp3) is 0.273. The molecule has 2 aromatic rings. The highest BCUT2D eigenvalue weighted by molar-refractivity contribution is 6.36. The lowest BCUT2D eigenvalue weighted by atomic mass is 10.2. The van der Waals surface area contributed by atoms with E-state index < -0.39 is 0 Å². The van der Waals surface area contributed by atoms with E-state index >= 15 is 0 Å². The van der Waals surface area contributed by atoms with Crippen LogP contribution in [0.4, 0.5) is 0 Å². The Morgan fingerprint density at radius 2 is 2.20 bits per heavy atom. The van der Waals surface area contributed by atoms with Crippen molar-refractivity contribution in [1.29, 1.82) is 0 Å². The quantitative estimate of drug-likeness (QED) is 0.851. The maximum atomic E-state index is 6.24. The molecular formula is C11H13ClN2O. The fourth-order valence-corrected chi connectivity index (χ4v) is 2.23. The zero-order valence-electron chi connectivity index (χ0n) is 8.75. The summed E-state index contributed by atoms with van der Waals surface area (Å²) in [5, 5.41) is 1.70. The van der Waals surface area contributed by atoms with Crippen LogP contribution < -0.4 is 10.5 Å². The van der Waals surface area contributed by atoms with Crippen LogP contribution in [0.2, 0.25) is 5.02 Å². The molecule has 0 unspecified atom stereocenters. The summed E-state index contributed by atoms with van der Waals surface area (Å²) in [6.45, 7) is 0.424. The van der Waals surface area contributed by atoms with E-state index in [9.17, 15) is 0 Å². The molecule has 0 aliphatic carbocycles. The van der Waals surface area contributed by atoms with Crippen LogP contribution in [0, 0.1) is 0 Å². The Balaban J connectivity index is 2.88. The molecule has 80 valence electrons. The Morgan fingerprint density at radius 3 is 2.80 bits per heavy atom. The third-order valence-electron chi connectivity index (χ3n) is 2.64. The first-order valence-corrected chi connectivity index (χ1v) is 5.08. The third-order valence-corrected chi connectivity index (χ3v) is 3.06. The predicted octanol–water partition coefficient (Wildman–Crippen LogP) is 2.30. The van der Waals surface area contributed by atoms with Gasteiger partial charge in [-0.1, -0.05) is 23.7 Å². The zero-order valence-corrected chi connectivity index (χ0v) is 9.51. The summed E-state index contributed by atoms with van der Waals surface area (Å²) in [5.74, 6) is 0.816. The van der Waals surface area contributed by atoms with Crippen molar-refractivity contribution in [2.75, 3.05) is 7.11 Å². The number of halogens is 1. The first-order chi connectivity index (χ1) is 7.20. The summed E-state index contributed by atoms with van der Waals surface area (Å²) < 4.78 is 7.28. The third kappa shape index (κ3) is 1.39. The SMILES string of the molecule is COc1cccc2c(Cl)c(CN)n(C)c12. The van der Waals surface area contributed by atoms with Crippen molar-refractivity contribution in [3.8, 4) is 5.75 Å². The molecule has 2 N–H and O–H groups in total. The van der Waals surface area contributed by atoms with Crippen LogP contribution in [-0.2, 0) is 13.6 Å². The summed E-state index contributed by atoms with van der Waals surface area (Å²) >= 11 is 6.24. The fourth-order valence-electron chi connectivity index (χ4n) is 1.87. The first kappa shape index (κ1) is 10.3. The Kier molecular flexibility index (Phi) is 2.59. The van der Waals surface area contributed by atoms with Crippen molar-refractivity contribution in [3.05, 3.63) is 28.9 Å². The van der Waals surface area contributed by atoms with Gasteiger partial charge in [-0.3, -0.25) is 0 Å². The average Bonchev–Trinajstić information content (AvgIpc) is 2.51. The molecule has 3 nitrogen and oxygen atoms in total. The summed E-state index contributed by atoms with van der Waals surface area (Å²) in [4.78, 5) is 0. The summed E-state index contributed by atoms with van der Waals surface area (Å²) in [7, 11) is 3.59. The van der Waals surface area contributed by atoms with Gasteiger partial charge in [-0.25, -0.2) is 0 Å². The number of nitrogens with zero attached hydrogens (tertiary/aromatic N) is 1. The lowest BCUT2D eigenvalue weighted by molar-refractivity contribution is 0.417. The van der Waals surface area contributed by atoms with Crippen molar-refractivity contribution in [2.24, 2.45) is 12.8 Å². The van der Waals surface area contributed by atoms with Crippen LogP contribution in [0.5, 0.6) is 5.75 Å². The van der Waals surface area contributed by atoms with E-state index in [2.05, 4.69) is 0 Å². The van der Waals surface area contributed by atoms with Crippen molar-refractivity contribution < 1.29 is 4.74 Å². The lowest BCUT2D eigenvalue weighted by Gasteiger charge is -2.05. The Hall–Kier alpha value is -1.19. The number of benzene rings is 1. The molecule has 15 heavy (non-hydrogen) atoms. The van der Waals surface area contributed by atoms with Crippen molar-refractivity contribution in [2.45, 2.75) is 6.54 Å². The second-order valence-corrected chi connectivity index (χ2v) is 3.76. The zero-order chi connectivity index (χ0) is 11.0. The molecule has 0 spiro atoms. The molecule has 0 saturated carbocycles. The molecule has 1 aromatic heterocycles. The van der Waals surface area contributed by atoms with E-state index in [1.807, 2.05) is 29.8 Å². The molecule has 0 bridgehead atoms. The van der Waals surface area contributed by atoms with Gasteiger partial charge in [0.15, 0.2) is 0 Å². The maximum absolute atomic E-state index is 6.24. The van der Waals surface area contributed by atoms with Crippen LogP contribution in [0.25, 0.3) is 10.9 Å². The van der Waals surface area contributed by atoms with E-state index in [4.69, 9.17) is 22.1 Å². The predicted molar refractivity (Wildman–Crippen MR) is 62.4 cm³/mol. The normalized spacial score (nSPS) is 10.9. The Morgan fingerprint density at radius 1 is 1.47 bits per heavy atom. The number of hydrogen-bond acceptors (Lipinski definition) is 2. The van der Waals surface area contributed by atoms with Gasteiger partial charge in [-0.2, -0.15) is 0 Å². The van der Waals surface area contributed by atoms with Crippen LogP contribution in [-0.4, -0.2) is 11.7 Å². The number of rotatable bonds is 2. The highest BCUT2D eigenvalue weighted by Crippen LogP contribution is 2.34. The number of hydrogen-bond donors (Lipinski definition) is 1. The van der Waals surface area contributed by atoms with Crippen LogP contribution in [0.3, 0.4) is 0 Å². The van der Waals surface area contributed by atoms with Gasteiger partial charge in [0.05, 0.1) is 23.3 Å². The molecule has 2 rings (SSSR count). The largest absolute Gasteiger partial charge is 0.495 e. The minimum absolute atomic E-state index is 0.424. The molecule has 0 atom stereocenters. The molecule has 0 radical (unpaired) electrons. The van der Waals surface area contributed by atoms with Crippen molar-refractivity contribution in [3.63, 3.8) is 0 Å². The van der Waals surface area contributed by atoms with Gasteiger partial charge in [0.1, 0.15) is 5.75 Å². The maximum Gasteiger partial charge on any atom is 0.143 e. The number of aryl methyl sites for hydroxylation is 1. The smallest absolute Gasteiger partial charge is 0.143 e. The number of methoxy groups -OCH3 is 1. The molecule has 0 amide bonds. The van der Waals surface area contributed by atoms with E-state index in [1.165, 1.54) is 0 Å². The second kappa shape index (κ2) is 3.76. The van der Waals surface area contributed by atoms with Gasteiger partial charge in [0, 0.05) is 19.0 Å². The summed E-state index contributed by atoms with van der Waals surface area (Å²) in [6, 6.07) is 5.81. The van der Waals surface area contributed by atoms with Gasteiger partial charge in [0.25, 0.3) is 0 Å². The van der Waals surface area contributed by atoms with Crippen molar-refractivity contribution in [1.82, 2.24) is 4.57 Å². The van der Waals surface area contributed by atoms with Gasteiger partial charge in [-0.15, -0.1) is 0 Å². The Bertz CT molecular complexity index is 505. The summed E-state index contributed by atoms with van der Waals surface area (Å²) in [5.41, 5.74) is 7.58. The van der Waals surface area contributed by atoms with E-state index in [0.29, 0.717) is 11.6 Å². The molecule has 0 aliphatic heterocycles. The average molecular weight is 225 g/mol. The number of para-hydroxylation sites is 1. The number of aromatic nitrogens is 1. The lowest BCUT2D eigenvalue weighted by Crippen LogP contribution is -2.03. The molecule has 0 saturated heterocycles. The van der Waals surface area contributed by atoms with E-state index in [1.54, 1.807) is 7.11 Å². The molecule has 1 aromatic carbocycles. The number of nitrogens with two attached hydrogens (primary N) is 1. The van der Waals surface area contributed by atoms with E-state index in [0.717, 1.165) is 22.3 Å². The van der Waals surface area contributed by atoms with E-state index in [-0.39, 0.29) is 0 Å². The highest BCUT2D eigenvalue weighted by Gasteiger charge is 2.14. The van der Waals surface area contributed by atoms with Crippen LogP contribution in [0.15, 0.2) is 18.2 Å². The minimum atomic E-state index is 0.424.